The van der Waals surface area contributed by atoms with Crippen LogP contribution in [0.4, 0.5) is 5.69 Å². The molecule has 1 saturated heterocycles. The van der Waals surface area contributed by atoms with Gasteiger partial charge in [-0.15, -0.1) is 0 Å². The van der Waals surface area contributed by atoms with Gasteiger partial charge < -0.3 is 19.0 Å². The van der Waals surface area contributed by atoms with E-state index in [2.05, 4.69) is 9.88 Å². The summed E-state index contributed by atoms with van der Waals surface area (Å²) in [7, 11) is 1.66. The molecule has 0 unspecified atom stereocenters. The summed E-state index contributed by atoms with van der Waals surface area (Å²) in [4.78, 5) is 20.5. The number of rotatable bonds is 3. The van der Waals surface area contributed by atoms with Gasteiger partial charge in [0, 0.05) is 38.8 Å². The second kappa shape index (κ2) is 6.09. The number of hydrogen-bond donors (Lipinski definition) is 0. The third-order valence-corrected chi connectivity index (χ3v) is 3.84. The predicted octanol–water partition coefficient (Wildman–Crippen LogP) is 1.95. The largest absolute Gasteiger partial charge is 0.497 e. The van der Waals surface area contributed by atoms with E-state index in [0.29, 0.717) is 24.7 Å². The van der Waals surface area contributed by atoms with Gasteiger partial charge in [-0.05, 0) is 24.3 Å². The summed E-state index contributed by atoms with van der Waals surface area (Å²) in [6.45, 7) is 4.69. The van der Waals surface area contributed by atoms with Crippen LogP contribution in [0.5, 0.6) is 5.75 Å². The van der Waals surface area contributed by atoms with Crippen LogP contribution in [-0.2, 0) is 0 Å². The van der Waals surface area contributed by atoms with E-state index in [1.807, 2.05) is 29.2 Å². The molecule has 3 rings (SSSR count). The van der Waals surface area contributed by atoms with Crippen molar-refractivity contribution in [1.29, 1.82) is 0 Å². The lowest BCUT2D eigenvalue weighted by atomic mass is 10.2. The van der Waals surface area contributed by atoms with Crippen LogP contribution < -0.4 is 9.64 Å². The summed E-state index contributed by atoms with van der Waals surface area (Å²) in [5, 5.41) is 0. The Kier molecular flexibility index (Phi) is 4.00. The number of carbonyl (C=O) groups excluding carboxylic acids is 1. The number of ether oxygens (including phenoxy) is 1. The van der Waals surface area contributed by atoms with E-state index in [1.54, 1.807) is 14.0 Å². The molecule has 1 fully saturated rings. The fourth-order valence-electron chi connectivity index (χ4n) is 2.58. The third kappa shape index (κ3) is 2.90. The molecule has 0 saturated carbocycles. The van der Waals surface area contributed by atoms with Crippen LogP contribution in [0.15, 0.2) is 34.9 Å². The number of anilines is 1. The lowest BCUT2D eigenvalue weighted by Crippen LogP contribution is -2.48. The number of benzene rings is 1. The first-order chi connectivity index (χ1) is 10.7. The number of nitrogens with zero attached hydrogens (tertiary/aromatic N) is 3. The topological polar surface area (TPSA) is 58.8 Å². The standard InChI is InChI=1S/C16H19N3O3/c1-12-17-15(11-22-12)16(20)19-9-7-18(8-10-19)13-3-5-14(21-2)6-4-13/h3-6,11H,7-10H2,1-2H3. The SMILES string of the molecule is COc1ccc(N2CCN(C(=O)c3coc(C)n3)CC2)cc1. The van der Waals surface area contributed by atoms with Crippen LogP contribution in [0.25, 0.3) is 0 Å². The Balaban J connectivity index is 1.61. The maximum Gasteiger partial charge on any atom is 0.275 e. The zero-order chi connectivity index (χ0) is 15.5. The summed E-state index contributed by atoms with van der Waals surface area (Å²) in [6.07, 6.45) is 1.42. The van der Waals surface area contributed by atoms with Crippen LogP contribution >= 0.6 is 0 Å². The number of carbonyl (C=O) groups is 1. The molecule has 0 spiro atoms. The Morgan fingerprint density at radius 1 is 1.18 bits per heavy atom. The number of amides is 1. The van der Waals surface area contributed by atoms with Crippen LogP contribution in [0.3, 0.4) is 0 Å². The highest BCUT2D eigenvalue weighted by atomic mass is 16.5. The lowest BCUT2D eigenvalue weighted by molar-refractivity contribution is 0.0741. The average molecular weight is 301 g/mol. The first kappa shape index (κ1) is 14.4. The van der Waals surface area contributed by atoms with E-state index in [4.69, 9.17) is 9.15 Å². The molecular formula is C16H19N3O3. The number of hydrogen-bond acceptors (Lipinski definition) is 5. The number of oxazole rings is 1. The number of piperazine rings is 1. The zero-order valence-corrected chi connectivity index (χ0v) is 12.8. The summed E-state index contributed by atoms with van der Waals surface area (Å²) < 4.78 is 10.3. The Labute approximate surface area is 129 Å². The van der Waals surface area contributed by atoms with Gasteiger partial charge in [0.15, 0.2) is 11.6 Å². The Morgan fingerprint density at radius 3 is 2.41 bits per heavy atom. The molecule has 0 aliphatic carbocycles. The van der Waals surface area contributed by atoms with Crippen molar-refractivity contribution in [2.45, 2.75) is 6.92 Å². The normalized spacial score (nSPS) is 15.0. The van der Waals surface area contributed by atoms with Crippen molar-refractivity contribution in [3.05, 3.63) is 42.1 Å². The summed E-state index contributed by atoms with van der Waals surface area (Å²) in [5.41, 5.74) is 1.53. The maximum absolute atomic E-state index is 12.3. The van der Waals surface area contributed by atoms with Gasteiger partial charge in [0.25, 0.3) is 5.91 Å². The Bertz CT molecular complexity index is 643. The van der Waals surface area contributed by atoms with E-state index in [0.717, 1.165) is 24.5 Å². The monoisotopic (exact) mass is 301 g/mol. The van der Waals surface area contributed by atoms with E-state index < -0.39 is 0 Å². The van der Waals surface area contributed by atoms with E-state index in [-0.39, 0.29) is 5.91 Å². The number of methoxy groups -OCH3 is 1. The Morgan fingerprint density at radius 2 is 1.86 bits per heavy atom. The third-order valence-electron chi connectivity index (χ3n) is 3.84. The molecule has 2 aromatic rings. The molecule has 1 aromatic carbocycles. The molecule has 1 aromatic heterocycles. The van der Waals surface area contributed by atoms with E-state index >= 15 is 0 Å². The maximum atomic E-state index is 12.3. The summed E-state index contributed by atoms with van der Waals surface area (Å²) >= 11 is 0. The predicted molar refractivity (Wildman–Crippen MR) is 82.4 cm³/mol. The highest BCUT2D eigenvalue weighted by Gasteiger charge is 2.24. The molecule has 1 amide bonds. The minimum absolute atomic E-state index is 0.0637. The van der Waals surface area contributed by atoms with Crippen molar-refractivity contribution < 1.29 is 13.9 Å². The fraction of sp³-hybridized carbons (Fsp3) is 0.375. The van der Waals surface area contributed by atoms with Gasteiger partial charge in [-0.2, -0.15) is 0 Å². The summed E-state index contributed by atoms with van der Waals surface area (Å²) in [6, 6.07) is 7.98. The molecule has 6 nitrogen and oxygen atoms in total. The van der Waals surface area contributed by atoms with Crippen LogP contribution in [0.2, 0.25) is 0 Å². The van der Waals surface area contributed by atoms with Gasteiger partial charge in [-0.25, -0.2) is 4.98 Å². The van der Waals surface area contributed by atoms with Crippen molar-refractivity contribution >= 4 is 11.6 Å². The van der Waals surface area contributed by atoms with Crippen molar-refractivity contribution in [3.8, 4) is 5.75 Å². The molecule has 116 valence electrons. The molecule has 0 N–H and O–H groups in total. The second-order valence-electron chi connectivity index (χ2n) is 5.23. The van der Waals surface area contributed by atoms with Crippen molar-refractivity contribution in [1.82, 2.24) is 9.88 Å². The fourth-order valence-corrected chi connectivity index (χ4v) is 2.58. The van der Waals surface area contributed by atoms with Crippen molar-refractivity contribution in [2.24, 2.45) is 0 Å². The van der Waals surface area contributed by atoms with Crippen molar-refractivity contribution in [2.75, 3.05) is 38.2 Å². The van der Waals surface area contributed by atoms with E-state index in [1.165, 1.54) is 6.26 Å². The van der Waals surface area contributed by atoms with Gasteiger partial charge in [0.2, 0.25) is 0 Å². The van der Waals surface area contributed by atoms with Gasteiger partial charge in [-0.1, -0.05) is 0 Å². The van der Waals surface area contributed by atoms with Crippen molar-refractivity contribution in [3.63, 3.8) is 0 Å². The van der Waals surface area contributed by atoms with Crippen LogP contribution in [-0.4, -0.2) is 49.1 Å². The minimum Gasteiger partial charge on any atom is -0.497 e. The smallest absolute Gasteiger partial charge is 0.275 e. The molecule has 0 bridgehead atoms. The minimum atomic E-state index is -0.0637. The molecular weight excluding hydrogens is 282 g/mol. The van der Waals surface area contributed by atoms with Crippen LogP contribution in [0.1, 0.15) is 16.4 Å². The quantitative estimate of drug-likeness (QED) is 0.867. The molecule has 2 heterocycles. The first-order valence-electron chi connectivity index (χ1n) is 7.28. The van der Waals surface area contributed by atoms with Crippen LogP contribution in [0, 0.1) is 6.92 Å². The first-order valence-corrected chi connectivity index (χ1v) is 7.28. The van der Waals surface area contributed by atoms with Gasteiger partial charge in [-0.3, -0.25) is 4.79 Å². The Hall–Kier alpha value is -2.50. The number of aryl methyl sites for hydroxylation is 1. The van der Waals surface area contributed by atoms with E-state index in [9.17, 15) is 4.79 Å². The second-order valence-corrected chi connectivity index (χ2v) is 5.23. The van der Waals surface area contributed by atoms with Gasteiger partial charge in [0.05, 0.1) is 7.11 Å². The molecule has 1 aliphatic heterocycles. The molecule has 6 heteroatoms. The highest BCUT2D eigenvalue weighted by Crippen LogP contribution is 2.21. The summed E-state index contributed by atoms with van der Waals surface area (Å²) in [5.74, 6) is 1.30. The average Bonchev–Trinajstić information content (AvgIpc) is 3.01. The molecule has 1 aliphatic rings. The molecule has 0 radical (unpaired) electrons. The highest BCUT2D eigenvalue weighted by molar-refractivity contribution is 5.92. The number of aromatic nitrogens is 1. The zero-order valence-electron chi connectivity index (χ0n) is 12.8. The lowest BCUT2D eigenvalue weighted by Gasteiger charge is -2.35. The van der Waals surface area contributed by atoms with Gasteiger partial charge >= 0.3 is 0 Å². The van der Waals surface area contributed by atoms with Gasteiger partial charge in [0.1, 0.15) is 12.0 Å². The molecule has 22 heavy (non-hydrogen) atoms. The molecule has 0 atom stereocenters.